The lowest BCUT2D eigenvalue weighted by Gasteiger charge is -2.24. The van der Waals surface area contributed by atoms with E-state index in [9.17, 15) is 4.39 Å². The molecule has 74 valence electrons. The van der Waals surface area contributed by atoms with E-state index in [4.69, 9.17) is 0 Å². The molecule has 0 aliphatic heterocycles. The van der Waals surface area contributed by atoms with Crippen LogP contribution in [0.15, 0.2) is 30.4 Å². The fraction of sp³-hybridized carbons (Fsp3) is 0.385. The lowest BCUT2D eigenvalue weighted by atomic mass is 9.81. The predicted octanol–water partition coefficient (Wildman–Crippen LogP) is 3.51. The highest BCUT2D eigenvalue weighted by Gasteiger charge is 2.18. The molecule has 0 bridgehead atoms. The highest BCUT2D eigenvalue weighted by atomic mass is 19.1. The van der Waals surface area contributed by atoms with E-state index in [1.807, 2.05) is 6.07 Å². The van der Waals surface area contributed by atoms with Crippen molar-refractivity contribution in [3.8, 4) is 0 Å². The molecule has 0 spiro atoms. The number of hydrogen-bond donors (Lipinski definition) is 0. The Kier molecular flexibility index (Phi) is 2.40. The van der Waals surface area contributed by atoms with Crippen molar-refractivity contribution >= 4 is 0 Å². The average molecular weight is 190 g/mol. The number of halogens is 1. The van der Waals surface area contributed by atoms with Crippen LogP contribution in [0.2, 0.25) is 0 Å². The molecule has 0 nitrogen and oxygen atoms in total. The molecule has 1 heteroatoms. The Hall–Kier alpha value is -1.11. The van der Waals surface area contributed by atoms with Gasteiger partial charge >= 0.3 is 0 Å². The normalized spacial score (nSPS) is 20.3. The summed E-state index contributed by atoms with van der Waals surface area (Å²) < 4.78 is 12.9. The molecule has 1 atom stereocenters. The van der Waals surface area contributed by atoms with Crippen molar-refractivity contribution < 1.29 is 4.39 Å². The first kappa shape index (κ1) is 9.45. The Morgan fingerprint density at radius 1 is 1.43 bits per heavy atom. The molecule has 1 aliphatic carbocycles. The number of fused-ring (bicyclic) bond motifs is 1. The summed E-state index contributed by atoms with van der Waals surface area (Å²) >= 11 is 0. The predicted molar refractivity (Wildman–Crippen MR) is 56.7 cm³/mol. The molecule has 1 unspecified atom stereocenters. The molecule has 1 aliphatic rings. The van der Waals surface area contributed by atoms with Gasteiger partial charge in [0.05, 0.1) is 0 Å². The van der Waals surface area contributed by atoms with Crippen LogP contribution in [0.5, 0.6) is 0 Å². The summed E-state index contributed by atoms with van der Waals surface area (Å²) in [5, 5.41) is 0. The molecule has 0 amide bonds. The van der Waals surface area contributed by atoms with Crippen molar-refractivity contribution in [3.63, 3.8) is 0 Å². The second kappa shape index (κ2) is 3.56. The van der Waals surface area contributed by atoms with Crippen LogP contribution in [0.3, 0.4) is 0 Å². The van der Waals surface area contributed by atoms with Crippen LogP contribution in [0.25, 0.3) is 0 Å². The maximum atomic E-state index is 12.9. The summed E-state index contributed by atoms with van der Waals surface area (Å²) in [7, 11) is 0. The highest BCUT2D eigenvalue weighted by Crippen LogP contribution is 2.29. The van der Waals surface area contributed by atoms with Gasteiger partial charge in [-0.05, 0) is 55.4 Å². The van der Waals surface area contributed by atoms with Crippen molar-refractivity contribution in [1.29, 1.82) is 0 Å². The smallest absolute Gasteiger partial charge is 0.123 e. The molecular weight excluding hydrogens is 175 g/mol. The SMILES string of the molecule is C=C(C)C1CCc2cc(F)ccc2C1. The topological polar surface area (TPSA) is 0 Å². The molecule has 1 aromatic rings. The first-order valence-electron chi connectivity index (χ1n) is 5.09. The summed E-state index contributed by atoms with van der Waals surface area (Å²) in [4.78, 5) is 0. The summed E-state index contributed by atoms with van der Waals surface area (Å²) in [5.74, 6) is 0.477. The van der Waals surface area contributed by atoms with Gasteiger partial charge in [-0.2, -0.15) is 0 Å². The Balaban J connectivity index is 2.27. The third-order valence-electron chi connectivity index (χ3n) is 3.09. The molecule has 14 heavy (non-hydrogen) atoms. The Bertz CT molecular complexity index is 365. The first-order chi connectivity index (χ1) is 6.66. The van der Waals surface area contributed by atoms with E-state index in [-0.39, 0.29) is 5.82 Å². The lowest BCUT2D eigenvalue weighted by molar-refractivity contribution is 0.522. The van der Waals surface area contributed by atoms with Gasteiger partial charge in [-0.25, -0.2) is 4.39 Å². The third-order valence-corrected chi connectivity index (χ3v) is 3.09. The fourth-order valence-corrected chi connectivity index (χ4v) is 2.14. The van der Waals surface area contributed by atoms with Crippen molar-refractivity contribution in [2.24, 2.45) is 5.92 Å². The first-order valence-corrected chi connectivity index (χ1v) is 5.09. The Morgan fingerprint density at radius 2 is 2.21 bits per heavy atom. The van der Waals surface area contributed by atoms with Crippen molar-refractivity contribution in [2.75, 3.05) is 0 Å². The zero-order valence-corrected chi connectivity index (χ0v) is 8.52. The number of benzene rings is 1. The third kappa shape index (κ3) is 1.72. The molecule has 1 aromatic carbocycles. The molecule has 0 saturated carbocycles. The van der Waals surface area contributed by atoms with Crippen molar-refractivity contribution in [2.45, 2.75) is 26.2 Å². The molecule has 0 heterocycles. The average Bonchev–Trinajstić information content (AvgIpc) is 2.16. The Labute approximate surface area is 84.5 Å². The summed E-state index contributed by atoms with van der Waals surface area (Å²) in [6, 6.07) is 5.14. The maximum absolute atomic E-state index is 12.9. The van der Waals surface area contributed by atoms with Crippen LogP contribution in [0.1, 0.15) is 24.5 Å². The standard InChI is InChI=1S/C13H15F/c1-9(2)10-3-4-12-8-13(14)6-5-11(12)7-10/h5-6,8,10H,1,3-4,7H2,2H3. The summed E-state index contributed by atoms with van der Waals surface area (Å²) in [6.45, 7) is 6.08. The number of rotatable bonds is 1. The monoisotopic (exact) mass is 190 g/mol. The minimum absolute atomic E-state index is 0.113. The lowest BCUT2D eigenvalue weighted by Crippen LogP contribution is -2.14. The Morgan fingerprint density at radius 3 is 2.93 bits per heavy atom. The van der Waals surface area contributed by atoms with Gasteiger partial charge in [0, 0.05) is 0 Å². The van der Waals surface area contributed by atoms with Crippen LogP contribution < -0.4 is 0 Å². The van der Waals surface area contributed by atoms with Gasteiger partial charge in [-0.15, -0.1) is 0 Å². The molecule has 2 rings (SSSR count). The summed E-state index contributed by atoms with van der Waals surface area (Å²) in [6.07, 6.45) is 3.14. The maximum Gasteiger partial charge on any atom is 0.123 e. The van der Waals surface area contributed by atoms with Crippen LogP contribution in [-0.4, -0.2) is 0 Å². The van der Waals surface area contributed by atoms with Crippen LogP contribution in [0, 0.1) is 11.7 Å². The van der Waals surface area contributed by atoms with Gasteiger partial charge in [0.15, 0.2) is 0 Å². The van der Waals surface area contributed by atoms with Crippen molar-refractivity contribution in [3.05, 3.63) is 47.3 Å². The van der Waals surface area contributed by atoms with Gasteiger partial charge in [-0.1, -0.05) is 18.2 Å². The molecule has 0 aromatic heterocycles. The van der Waals surface area contributed by atoms with Gasteiger partial charge in [0.1, 0.15) is 5.82 Å². The number of hydrogen-bond acceptors (Lipinski definition) is 0. The molecule has 0 fully saturated rings. The zero-order valence-electron chi connectivity index (χ0n) is 8.52. The molecule has 0 radical (unpaired) electrons. The van der Waals surface area contributed by atoms with Gasteiger partial charge in [-0.3, -0.25) is 0 Å². The molecule has 0 saturated heterocycles. The van der Waals surface area contributed by atoms with E-state index in [0.717, 1.165) is 19.3 Å². The molecular formula is C13H15F. The zero-order chi connectivity index (χ0) is 10.1. The van der Waals surface area contributed by atoms with Crippen LogP contribution in [-0.2, 0) is 12.8 Å². The van der Waals surface area contributed by atoms with Gasteiger partial charge < -0.3 is 0 Å². The number of aryl methyl sites for hydroxylation is 1. The van der Waals surface area contributed by atoms with E-state index in [1.54, 1.807) is 12.1 Å². The minimum atomic E-state index is -0.113. The van der Waals surface area contributed by atoms with Crippen molar-refractivity contribution in [1.82, 2.24) is 0 Å². The van der Waals surface area contributed by atoms with Gasteiger partial charge in [0.25, 0.3) is 0 Å². The minimum Gasteiger partial charge on any atom is -0.207 e. The van der Waals surface area contributed by atoms with E-state index in [0.29, 0.717) is 5.92 Å². The second-order valence-corrected chi connectivity index (χ2v) is 4.20. The van der Waals surface area contributed by atoms with Crippen LogP contribution >= 0.6 is 0 Å². The quantitative estimate of drug-likeness (QED) is 0.594. The largest absolute Gasteiger partial charge is 0.207 e. The van der Waals surface area contributed by atoms with Crippen LogP contribution in [0.4, 0.5) is 4.39 Å². The van der Waals surface area contributed by atoms with E-state index in [2.05, 4.69) is 13.5 Å². The van der Waals surface area contributed by atoms with E-state index >= 15 is 0 Å². The number of allylic oxidation sites excluding steroid dienone is 1. The molecule has 0 N–H and O–H groups in total. The van der Waals surface area contributed by atoms with E-state index in [1.165, 1.54) is 16.7 Å². The second-order valence-electron chi connectivity index (χ2n) is 4.20. The van der Waals surface area contributed by atoms with Gasteiger partial charge in [0.2, 0.25) is 0 Å². The van der Waals surface area contributed by atoms with E-state index < -0.39 is 0 Å². The fourth-order valence-electron chi connectivity index (χ4n) is 2.14. The summed E-state index contributed by atoms with van der Waals surface area (Å²) in [5.41, 5.74) is 3.73. The highest BCUT2D eigenvalue weighted by molar-refractivity contribution is 5.31.